The molecule has 0 aliphatic rings. The molecule has 0 fully saturated rings. The van der Waals surface area contributed by atoms with Gasteiger partial charge in [0, 0.05) is 15.7 Å². The number of amides is 1. The van der Waals surface area contributed by atoms with Crippen molar-refractivity contribution in [1.29, 1.82) is 0 Å². The van der Waals surface area contributed by atoms with Crippen LogP contribution in [-0.2, 0) is 6.54 Å². The van der Waals surface area contributed by atoms with Crippen LogP contribution in [-0.4, -0.2) is 27.2 Å². The summed E-state index contributed by atoms with van der Waals surface area (Å²) in [6, 6.07) is 8.82. The van der Waals surface area contributed by atoms with Gasteiger partial charge in [0.25, 0.3) is 5.91 Å². The number of hydrogen-bond donors (Lipinski definition) is 1. The number of nitrogens with one attached hydrogen (secondary N) is 1. The summed E-state index contributed by atoms with van der Waals surface area (Å²) in [5.74, 6) is 1.39. The summed E-state index contributed by atoms with van der Waals surface area (Å²) in [4.78, 5) is 12.5. The molecule has 0 bridgehead atoms. The number of hydrogen-bond acceptors (Lipinski definition) is 4. The quantitative estimate of drug-likeness (QED) is 0.663. The highest BCUT2D eigenvalue weighted by Gasteiger charge is 2.16. The summed E-state index contributed by atoms with van der Waals surface area (Å²) in [6.07, 6.45) is 0. The van der Waals surface area contributed by atoms with Gasteiger partial charge in [-0.05, 0) is 40.8 Å². The third kappa shape index (κ3) is 4.05. The zero-order valence-electron chi connectivity index (χ0n) is 13.5. The van der Waals surface area contributed by atoms with Crippen molar-refractivity contribution < 1.29 is 19.0 Å². The second-order valence-corrected chi connectivity index (χ2v) is 6.37. The molecule has 7 heteroatoms. The van der Waals surface area contributed by atoms with Crippen LogP contribution >= 0.6 is 34.2 Å². The van der Waals surface area contributed by atoms with Gasteiger partial charge in [-0.15, -0.1) is 0 Å². The predicted octanol–water partition coefficient (Wildman–Crippen LogP) is 3.90. The summed E-state index contributed by atoms with van der Waals surface area (Å²) in [5, 5.41) is 3.35. The summed E-state index contributed by atoms with van der Waals surface area (Å²) >= 11 is 8.20. The van der Waals surface area contributed by atoms with Gasteiger partial charge in [0.15, 0.2) is 11.5 Å². The first-order valence-corrected chi connectivity index (χ1v) is 8.48. The van der Waals surface area contributed by atoms with Crippen molar-refractivity contribution in [3.63, 3.8) is 0 Å². The van der Waals surface area contributed by atoms with E-state index in [2.05, 4.69) is 27.9 Å². The summed E-state index contributed by atoms with van der Waals surface area (Å²) < 4.78 is 16.7. The Kier molecular flexibility index (Phi) is 6.56. The van der Waals surface area contributed by atoms with Gasteiger partial charge >= 0.3 is 0 Å². The van der Waals surface area contributed by atoms with E-state index in [1.165, 1.54) is 7.11 Å². The number of carbonyl (C=O) groups excluding carboxylic acids is 1. The Morgan fingerprint density at radius 2 is 1.83 bits per heavy atom. The normalized spacial score (nSPS) is 10.2. The third-order valence-corrected chi connectivity index (χ3v) is 4.93. The lowest BCUT2D eigenvalue weighted by atomic mass is 10.1. The van der Waals surface area contributed by atoms with E-state index in [1.54, 1.807) is 32.4 Å². The molecule has 2 aromatic carbocycles. The number of rotatable bonds is 6. The van der Waals surface area contributed by atoms with E-state index in [0.717, 1.165) is 9.13 Å². The van der Waals surface area contributed by atoms with Crippen LogP contribution in [0.25, 0.3) is 0 Å². The van der Waals surface area contributed by atoms with Crippen LogP contribution in [0.15, 0.2) is 30.3 Å². The minimum Gasteiger partial charge on any atom is -0.496 e. The molecular weight excluding hydrogens is 445 g/mol. The molecule has 1 amide bonds. The molecule has 0 atom stereocenters. The molecule has 1 N–H and O–H groups in total. The van der Waals surface area contributed by atoms with E-state index in [9.17, 15) is 4.79 Å². The fraction of sp³-hybridized carbons (Fsp3) is 0.235. The van der Waals surface area contributed by atoms with Gasteiger partial charge in [0.2, 0.25) is 0 Å². The second kappa shape index (κ2) is 8.43. The van der Waals surface area contributed by atoms with Crippen molar-refractivity contribution in [3.05, 3.63) is 50.1 Å². The molecule has 0 saturated carbocycles. The highest BCUT2D eigenvalue weighted by Crippen LogP contribution is 2.31. The van der Waals surface area contributed by atoms with E-state index < -0.39 is 0 Å². The standard InChI is InChI=1S/C17H17ClINO4/c1-22-14-6-4-5-10(16(14)24-3)9-20-17(21)11-7-12(18)13(19)8-15(11)23-2/h4-8H,9H2,1-3H3,(H,20,21). The SMILES string of the molecule is COc1cc(I)c(Cl)cc1C(=O)NCc1cccc(OC)c1OC. The van der Waals surface area contributed by atoms with E-state index in [4.69, 9.17) is 25.8 Å². The topological polar surface area (TPSA) is 56.8 Å². The molecular formula is C17H17ClINO4. The Labute approximate surface area is 159 Å². The summed E-state index contributed by atoms with van der Waals surface area (Å²) in [6.45, 7) is 0.284. The molecule has 2 rings (SSSR count). The van der Waals surface area contributed by atoms with E-state index in [1.807, 2.05) is 12.1 Å². The van der Waals surface area contributed by atoms with Gasteiger partial charge in [-0.1, -0.05) is 23.7 Å². The van der Waals surface area contributed by atoms with Crippen LogP contribution in [0, 0.1) is 3.57 Å². The van der Waals surface area contributed by atoms with Gasteiger partial charge in [-0.25, -0.2) is 0 Å². The van der Waals surface area contributed by atoms with E-state index in [0.29, 0.717) is 27.8 Å². The van der Waals surface area contributed by atoms with Crippen LogP contribution in [0.2, 0.25) is 5.02 Å². The van der Waals surface area contributed by atoms with Crippen LogP contribution < -0.4 is 19.5 Å². The maximum absolute atomic E-state index is 12.5. The molecule has 0 aromatic heterocycles. The van der Waals surface area contributed by atoms with Gasteiger partial charge in [-0.2, -0.15) is 0 Å². The number of para-hydroxylation sites is 1. The summed E-state index contributed by atoms with van der Waals surface area (Å²) in [7, 11) is 4.64. The maximum Gasteiger partial charge on any atom is 0.255 e. The smallest absolute Gasteiger partial charge is 0.255 e. The minimum absolute atomic E-state index is 0.282. The van der Waals surface area contributed by atoms with Crippen LogP contribution in [0.3, 0.4) is 0 Å². The third-order valence-electron chi connectivity index (χ3n) is 3.41. The van der Waals surface area contributed by atoms with Crippen LogP contribution in [0.4, 0.5) is 0 Å². The van der Waals surface area contributed by atoms with Crippen molar-refractivity contribution in [2.24, 2.45) is 0 Å². The lowest BCUT2D eigenvalue weighted by molar-refractivity contribution is 0.0947. The number of carbonyl (C=O) groups is 1. The van der Waals surface area contributed by atoms with Gasteiger partial charge in [-0.3, -0.25) is 4.79 Å². The first kappa shape index (κ1) is 18.7. The minimum atomic E-state index is -0.282. The van der Waals surface area contributed by atoms with Gasteiger partial charge in [0.05, 0.1) is 31.9 Å². The van der Waals surface area contributed by atoms with Crippen molar-refractivity contribution in [2.45, 2.75) is 6.54 Å². The zero-order chi connectivity index (χ0) is 17.7. The predicted molar refractivity (Wildman–Crippen MR) is 101 cm³/mol. The lowest BCUT2D eigenvalue weighted by Gasteiger charge is -2.14. The van der Waals surface area contributed by atoms with Gasteiger partial charge in [0.1, 0.15) is 5.75 Å². The fourth-order valence-electron chi connectivity index (χ4n) is 2.24. The lowest BCUT2D eigenvalue weighted by Crippen LogP contribution is -2.23. The van der Waals surface area contributed by atoms with Crippen LogP contribution in [0.1, 0.15) is 15.9 Å². The maximum atomic E-state index is 12.5. The summed E-state index contributed by atoms with van der Waals surface area (Å²) in [5.41, 5.74) is 1.19. The fourth-order valence-corrected chi connectivity index (χ4v) is 2.84. The number of methoxy groups -OCH3 is 3. The van der Waals surface area contributed by atoms with Crippen molar-refractivity contribution in [2.75, 3.05) is 21.3 Å². The molecule has 5 nitrogen and oxygen atoms in total. The Morgan fingerprint density at radius 3 is 2.46 bits per heavy atom. The Balaban J connectivity index is 2.22. The molecule has 0 aliphatic heterocycles. The molecule has 0 saturated heterocycles. The van der Waals surface area contributed by atoms with E-state index >= 15 is 0 Å². The molecule has 0 radical (unpaired) electrons. The average Bonchev–Trinajstić information content (AvgIpc) is 2.60. The van der Waals surface area contributed by atoms with Crippen molar-refractivity contribution in [3.8, 4) is 17.2 Å². The van der Waals surface area contributed by atoms with Crippen LogP contribution in [0.5, 0.6) is 17.2 Å². The Hall–Kier alpha value is -1.67. The molecule has 24 heavy (non-hydrogen) atoms. The molecule has 0 aliphatic carbocycles. The first-order valence-electron chi connectivity index (χ1n) is 7.03. The molecule has 0 heterocycles. The van der Waals surface area contributed by atoms with Crippen molar-refractivity contribution >= 4 is 40.1 Å². The highest BCUT2D eigenvalue weighted by molar-refractivity contribution is 14.1. The molecule has 0 unspecified atom stereocenters. The van der Waals surface area contributed by atoms with Gasteiger partial charge < -0.3 is 19.5 Å². The zero-order valence-corrected chi connectivity index (χ0v) is 16.4. The first-order chi connectivity index (χ1) is 11.5. The van der Waals surface area contributed by atoms with Crippen molar-refractivity contribution in [1.82, 2.24) is 5.32 Å². The Morgan fingerprint density at radius 1 is 1.12 bits per heavy atom. The molecule has 2 aromatic rings. The number of benzene rings is 2. The number of halogens is 2. The second-order valence-electron chi connectivity index (χ2n) is 4.80. The Bertz CT molecular complexity index is 752. The highest BCUT2D eigenvalue weighted by atomic mass is 127. The number of ether oxygens (including phenoxy) is 3. The van der Waals surface area contributed by atoms with E-state index in [-0.39, 0.29) is 12.5 Å². The molecule has 0 spiro atoms. The monoisotopic (exact) mass is 461 g/mol. The molecule has 128 valence electrons. The largest absolute Gasteiger partial charge is 0.496 e. The average molecular weight is 462 g/mol.